The van der Waals surface area contributed by atoms with Crippen molar-refractivity contribution in [1.29, 1.82) is 0 Å². The highest BCUT2D eigenvalue weighted by molar-refractivity contribution is 5.82. The van der Waals surface area contributed by atoms with Gasteiger partial charge in [0.2, 0.25) is 5.88 Å². The molecule has 5 rings (SSSR count). The van der Waals surface area contributed by atoms with Crippen molar-refractivity contribution < 1.29 is 17.9 Å². The third-order valence-electron chi connectivity index (χ3n) is 5.64. The monoisotopic (exact) mass is 412 g/mol. The fourth-order valence-corrected chi connectivity index (χ4v) is 4.00. The molecule has 0 amide bonds. The molecular formula is C23H22F2N2O3. The van der Waals surface area contributed by atoms with Gasteiger partial charge < -0.3 is 19.4 Å². The second-order valence-corrected chi connectivity index (χ2v) is 7.83. The van der Waals surface area contributed by atoms with Gasteiger partial charge in [-0.15, -0.1) is 0 Å². The van der Waals surface area contributed by atoms with E-state index in [1.54, 1.807) is 6.07 Å². The van der Waals surface area contributed by atoms with Gasteiger partial charge >= 0.3 is 0 Å². The van der Waals surface area contributed by atoms with E-state index in [0.717, 1.165) is 30.0 Å². The molecule has 2 aliphatic rings. The zero-order chi connectivity index (χ0) is 20.7. The lowest BCUT2D eigenvalue weighted by Gasteiger charge is -2.29. The Morgan fingerprint density at radius 3 is 2.50 bits per heavy atom. The summed E-state index contributed by atoms with van der Waals surface area (Å²) in [7, 11) is 0. The van der Waals surface area contributed by atoms with Crippen LogP contribution in [-0.4, -0.2) is 26.3 Å². The molecule has 0 atom stereocenters. The van der Waals surface area contributed by atoms with Gasteiger partial charge in [0.25, 0.3) is 0 Å². The van der Waals surface area contributed by atoms with E-state index in [-0.39, 0.29) is 17.9 Å². The Balaban J connectivity index is 1.56. The van der Waals surface area contributed by atoms with Crippen LogP contribution >= 0.6 is 0 Å². The topological polar surface area (TPSA) is 54.7 Å². The minimum Gasteiger partial charge on any atom is -0.440 e. The number of benzene rings is 2. The molecule has 1 saturated heterocycles. The third kappa shape index (κ3) is 3.65. The van der Waals surface area contributed by atoms with Crippen molar-refractivity contribution >= 4 is 22.5 Å². The molecule has 30 heavy (non-hydrogen) atoms. The number of nitrogens with one attached hydrogen (secondary N) is 1. The highest BCUT2D eigenvalue weighted by Gasteiger charge is 2.34. The molecule has 2 fully saturated rings. The number of para-hydroxylation sites is 1. The quantitative estimate of drug-likeness (QED) is 0.673. The Morgan fingerprint density at radius 1 is 1.07 bits per heavy atom. The van der Waals surface area contributed by atoms with Crippen molar-refractivity contribution in [2.24, 2.45) is 0 Å². The number of halogens is 2. The number of rotatable bonds is 5. The Hall–Kier alpha value is -2.93. The van der Waals surface area contributed by atoms with Crippen LogP contribution in [0.5, 0.6) is 0 Å². The molecule has 2 aromatic carbocycles. The molecule has 0 bridgehead atoms. The number of nitrogens with zero attached hydrogens (tertiary/aromatic N) is 1. The molecule has 7 heteroatoms. The minimum absolute atomic E-state index is 0.0129. The summed E-state index contributed by atoms with van der Waals surface area (Å²) in [4.78, 5) is 15.4. The van der Waals surface area contributed by atoms with Crippen molar-refractivity contribution in [3.8, 4) is 0 Å². The van der Waals surface area contributed by atoms with E-state index in [2.05, 4.69) is 10.2 Å². The summed E-state index contributed by atoms with van der Waals surface area (Å²) in [6, 6.07) is 8.74. The third-order valence-corrected chi connectivity index (χ3v) is 5.64. The number of anilines is 2. The van der Waals surface area contributed by atoms with Crippen LogP contribution in [0.25, 0.3) is 11.0 Å². The van der Waals surface area contributed by atoms with Crippen LogP contribution in [0.15, 0.2) is 45.6 Å². The number of ether oxygens (including phenoxy) is 1. The van der Waals surface area contributed by atoms with Gasteiger partial charge in [-0.05, 0) is 37.0 Å². The number of fused-ring (bicyclic) bond motifs is 1. The number of hydrogen-bond donors (Lipinski definition) is 1. The Morgan fingerprint density at radius 2 is 1.80 bits per heavy atom. The predicted octanol–water partition coefficient (Wildman–Crippen LogP) is 4.40. The van der Waals surface area contributed by atoms with Crippen molar-refractivity contribution in [3.05, 3.63) is 69.4 Å². The van der Waals surface area contributed by atoms with Gasteiger partial charge in [-0.2, -0.15) is 0 Å². The second-order valence-electron chi connectivity index (χ2n) is 7.83. The van der Waals surface area contributed by atoms with E-state index in [9.17, 15) is 13.6 Å². The largest absolute Gasteiger partial charge is 0.440 e. The Labute approximate surface area is 172 Å². The van der Waals surface area contributed by atoms with E-state index in [4.69, 9.17) is 9.15 Å². The van der Waals surface area contributed by atoms with E-state index in [1.807, 2.05) is 12.1 Å². The summed E-state index contributed by atoms with van der Waals surface area (Å²) < 4.78 is 38.8. The molecule has 1 saturated carbocycles. The maximum Gasteiger partial charge on any atom is 0.203 e. The summed E-state index contributed by atoms with van der Waals surface area (Å²) >= 11 is 0. The summed E-state index contributed by atoms with van der Waals surface area (Å²) in [5.74, 6) is -0.403. The first-order valence-corrected chi connectivity index (χ1v) is 10.2. The minimum atomic E-state index is -0.648. The van der Waals surface area contributed by atoms with Crippen LogP contribution < -0.4 is 15.6 Å². The summed E-state index contributed by atoms with van der Waals surface area (Å²) in [6.45, 7) is 2.82. The molecule has 0 spiro atoms. The SMILES string of the molecule is O=c1c(C2CC2)c(N2CCOCC2)oc2c(CNc3cc(F)cc(F)c3)cccc12. The Bertz CT molecular complexity index is 1130. The van der Waals surface area contributed by atoms with Gasteiger partial charge in [0.1, 0.15) is 17.2 Å². The smallest absolute Gasteiger partial charge is 0.203 e. The van der Waals surface area contributed by atoms with Crippen molar-refractivity contribution in [2.75, 3.05) is 36.5 Å². The molecule has 0 radical (unpaired) electrons. The van der Waals surface area contributed by atoms with E-state index < -0.39 is 11.6 Å². The molecule has 5 nitrogen and oxygen atoms in total. The Kier molecular flexibility index (Phi) is 4.90. The molecule has 3 aromatic rings. The van der Waals surface area contributed by atoms with E-state index >= 15 is 0 Å². The first kappa shape index (κ1) is 19.1. The maximum atomic E-state index is 13.5. The van der Waals surface area contributed by atoms with Crippen molar-refractivity contribution in [2.45, 2.75) is 25.3 Å². The maximum absolute atomic E-state index is 13.5. The standard InChI is InChI=1S/C23H22F2N2O3/c24-16-10-17(25)12-18(11-16)26-13-15-2-1-3-19-21(28)20(14-4-5-14)23(30-22(15)19)27-6-8-29-9-7-27/h1-3,10-12,14,26H,4-9,13H2. The normalized spacial score (nSPS) is 16.8. The number of morpholine rings is 1. The molecule has 2 heterocycles. The zero-order valence-corrected chi connectivity index (χ0v) is 16.4. The molecular weight excluding hydrogens is 390 g/mol. The van der Waals surface area contributed by atoms with Gasteiger partial charge in [0.05, 0.1) is 24.2 Å². The highest BCUT2D eigenvalue weighted by atomic mass is 19.1. The van der Waals surface area contributed by atoms with Crippen LogP contribution in [0.2, 0.25) is 0 Å². The summed E-state index contributed by atoms with van der Waals surface area (Å²) in [5.41, 5.74) is 2.37. The van der Waals surface area contributed by atoms with Crippen LogP contribution in [0.4, 0.5) is 20.4 Å². The molecule has 1 aliphatic heterocycles. The average Bonchev–Trinajstić information content (AvgIpc) is 3.57. The number of hydrogen-bond acceptors (Lipinski definition) is 5. The van der Waals surface area contributed by atoms with Gasteiger partial charge in [-0.1, -0.05) is 12.1 Å². The van der Waals surface area contributed by atoms with Gasteiger partial charge in [-0.3, -0.25) is 4.79 Å². The van der Waals surface area contributed by atoms with Crippen LogP contribution in [0.1, 0.15) is 29.9 Å². The molecule has 1 aromatic heterocycles. The molecule has 0 unspecified atom stereocenters. The van der Waals surface area contributed by atoms with Crippen molar-refractivity contribution in [1.82, 2.24) is 0 Å². The first-order chi connectivity index (χ1) is 14.6. The fraction of sp³-hybridized carbons (Fsp3) is 0.348. The molecule has 1 aliphatic carbocycles. The van der Waals surface area contributed by atoms with E-state index in [1.165, 1.54) is 12.1 Å². The van der Waals surface area contributed by atoms with Crippen LogP contribution in [-0.2, 0) is 11.3 Å². The lowest BCUT2D eigenvalue weighted by molar-refractivity contribution is 0.120. The van der Waals surface area contributed by atoms with Crippen molar-refractivity contribution in [3.63, 3.8) is 0 Å². The summed E-state index contributed by atoms with van der Waals surface area (Å²) in [6.07, 6.45) is 2.00. The first-order valence-electron chi connectivity index (χ1n) is 10.2. The zero-order valence-electron chi connectivity index (χ0n) is 16.4. The van der Waals surface area contributed by atoms with Gasteiger partial charge in [-0.25, -0.2) is 8.78 Å². The summed E-state index contributed by atoms with van der Waals surface area (Å²) in [5, 5.41) is 3.57. The van der Waals surface area contributed by atoms with E-state index in [0.29, 0.717) is 48.8 Å². The highest BCUT2D eigenvalue weighted by Crippen LogP contribution is 2.44. The average molecular weight is 412 g/mol. The fourth-order valence-electron chi connectivity index (χ4n) is 4.00. The predicted molar refractivity (Wildman–Crippen MR) is 111 cm³/mol. The van der Waals surface area contributed by atoms with Gasteiger partial charge in [0, 0.05) is 37.0 Å². The van der Waals surface area contributed by atoms with Crippen LogP contribution in [0, 0.1) is 11.6 Å². The van der Waals surface area contributed by atoms with Gasteiger partial charge in [0.15, 0.2) is 5.43 Å². The lowest BCUT2D eigenvalue weighted by Crippen LogP contribution is -2.37. The second kappa shape index (κ2) is 7.72. The lowest BCUT2D eigenvalue weighted by atomic mass is 10.0. The molecule has 156 valence electrons. The van der Waals surface area contributed by atoms with Crippen LogP contribution in [0.3, 0.4) is 0 Å². The molecule has 1 N–H and O–H groups in total.